The summed E-state index contributed by atoms with van der Waals surface area (Å²) in [5.41, 5.74) is 6.06. The number of carbonyl (C=O) groups excluding carboxylic acids is 1. The molecule has 0 bridgehead atoms. The Labute approximate surface area is 130 Å². The van der Waals surface area contributed by atoms with Crippen LogP contribution in [0.3, 0.4) is 0 Å². The fourth-order valence-corrected chi connectivity index (χ4v) is 3.51. The molecule has 2 rings (SSSR count). The standard InChI is InChI=1S/C14H23N3O4S/c1-9-4-5-17(11(6-9)8-15)14(18)12-7-13(21-10(12)2)22(19,20)16-3/h7,9,11,16H,4-6,8,15H2,1-3H3. The Balaban J connectivity index is 2.30. The molecule has 0 radical (unpaired) electrons. The molecule has 0 spiro atoms. The molecule has 2 heterocycles. The molecule has 8 heteroatoms. The van der Waals surface area contributed by atoms with Crippen LogP contribution >= 0.6 is 0 Å². The topological polar surface area (TPSA) is 106 Å². The highest BCUT2D eigenvalue weighted by molar-refractivity contribution is 7.89. The molecule has 1 saturated heterocycles. The maximum absolute atomic E-state index is 12.7. The average molecular weight is 329 g/mol. The van der Waals surface area contributed by atoms with Crippen LogP contribution in [-0.2, 0) is 10.0 Å². The molecular formula is C14H23N3O4S. The fraction of sp³-hybridized carbons (Fsp3) is 0.643. The van der Waals surface area contributed by atoms with Gasteiger partial charge in [-0.3, -0.25) is 4.79 Å². The van der Waals surface area contributed by atoms with Crippen LogP contribution in [-0.4, -0.2) is 45.4 Å². The first kappa shape index (κ1) is 17.0. The third-order valence-electron chi connectivity index (χ3n) is 4.17. The number of amides is 1. The van der Waals surface area contributed by atoms with Crippen molar-refractivity contribution in [3.8, 4) is 0 Å². The average Bonchev–Trinajstić information content (AvgIpc) is 2.89. The van der Waals surface area contributed by atoms with E-state index in [9.17, 15) is 13.2 Å². The second-order valence-corrected chi connectivity index (χ2v) is 7.58. The van der Waals surface area contributed by atoms with Gasteiger partial charge < -0.3 is 15.1 Å². The monoisotopic (exact) mass is 329 g/mol. The predicted octanol–water partition coefficient (Wildman–Crippen LogP) is 0.696. The SMILES string of the molecule is CNS(=O)(=O)c1cc(C(=O)N2CCC(C)CC2CN)c(C)o1. The summed E-state index contributed by atoms with van der Waals surface area (Å²) in [6.45, 7) is 4.76. The summed E-state index contributed by atoms with van der Waals surface area (Å²) < 4.78 is 31.0. The van der Waals surface area contributed by atoms with E-state index in [2.05, 4.69) is 11.6 Å². The number of likely N-dealkylation sites (tertiary alicyclic amines) is 1. The number of sulfonamides is 1. The number of hydrogen-bond donors (Lipinski definition) is 2. The summed E-state index contributed by atoms with van der Waals surface area (Å²) in [6, 6.07) is 1.27. The van der Waals surface area contributed by atoms with Crippen molar-refractivity contribution in [1.29, 1.82) is 0 Å². The van der Waals surface area contributed by atoms with Gasteiger partial charge >= 0.3 is 0 Å². The minimum atomic E-state index is -3.70. The quantitative estimate of drug-likeness (QED) is 0.845. The van der Waals surface area contributed by atoms with Crippen molar-refractivity contribution in [3.63, 3.8) is 0 Å². The zero-order chi connectivity index (χ0) is 16.5. The van der Waals surface area contributed by atoms with Crippen molar-refractivity contribution in [2.45, 2.75) is 37.8 Å². The van der Waals surface area contributed by atoms with Crippen LogP contribution in [0.15, 0.2) is 15.6 Å². The summed E-state index contributed by atoms with van der Waals surface area (Å²) in [5, 5.41) is -0.245. The zero-order valence-corrected chi connectivity index (χ0v) is 13.9. The van der Waals surface area contributed by atoms with E-state index < -0.39 is 10.0 Å². The van der Waals surface area contributed by atoms with Crippen LogP contribution in [0.2, 0.25) is 0 Å². The molecule has 1 aliphatic rings. The molecule has 2 unspecified atom stereocenters. The van der Waals surface area contributed by atoms with Gasteiger partial charge in [0.15, 0.2) is 0 Å². The van der Waals surface area contributed by atoms with Crippen LogP contribution in [0.1, 0.15) is 35.9 Å². The van der Waals surface area contributed by atoms with Gasteiger partial charge in [-0.15, -0.1) is 0 Å². The van der Waals surface area contributed by atoms with Gasteiger partial charge in [-0.1, -0.05) is 6.92 Å². The summed E-state index contributed by atoms with van der Waals surface area (Å²) in [7, 11) is -2.41. The van der Waals surface area contributed by atoms with Crippen molar-refractivity contribution in [2.75, 3.05) is 20.1 Å². The minimum Gasteiger partial charge on any atom is -0.448 e. The lowest BCUT2D eigenvalue weighted by molar-refractivity contribution is 0.0572. The fourth-order valence-electron chi connectivity index (χ4n) is 2.80. The number of aryl methyl sites for hydroxylation is 1. The van der Waals surface area contributed by atoms with E-state index >= 15 is 0 Å². The number of hydrogen-bond acceptors (Lipinski definition) is 5. The highest BCUT2D eigenvalue weighted by atomic mass is 32.2. The molecule has 0 aliphatic carbocycles. The van der Waals surface area contributed by atoms with Crippen LogP contribution in [0, 0.1) is 12.8 Å². The van der Waals surface area contributed by atoms with E-state index in [0.717, 1.165) is 12.8 Å². The van der Waals surface area contributed by atoms with Crippen LogP contribution in [0.25, 0.3) is 0 Å². The van der Waals surface area contributed by atoms with Crippen molar-refractivity contribution in [3.05, 3.63) is 17.4 Å². The maximum atomic E-state index is 12.7. The Morgan fingerprint density at radius 1 is 1.55 bits per heavy atom. The lowest BCUT2D eigenvalue weighted by Crippen LogP contribution is -2.49. The van der Waals surface area contributed by atoms with Gasteiger partial charge in [0.1, 0.15) is 5.76 Å². The number of nitrogens with two attached hydrogens (primary N) is 1. The molecule has 0 aromatic carbocycles. The minimum absolute atomic E-state index is 0.0186. The van der Waals surface area contributed by atoms with Crippen LogP contribution in [0.5, 0.6) is 0 Å². The van der Waals surface area contributed by atoms with Gasteiger partial charge in [-0.05, 0) is 32.7 Å². The molecule has 22 heavy (non-hydrogen) atoms. The summed E-state index contributed by atoms with van der Waals surface area (Å²) in [4.78, 5) is 14.5. The number of rotatable bonds is 4. The van der Waals surface area contributed by atoms with Crippen LogP contribution < -0.4 is 10.5 Å². The highest BCUT2D eigenvalue weighted by Crippen LogP contribution is 2.26. The number of nitrogens with one attached hydrogen (secondary N) is 1. The first-order valence-corrected chi connectivity index (χ1v) is 8.83. The third kappa shape index (κ3) is 3.18. The van der Waals surface area contributed by atoms with E-state index in [0.29, 0.717) is 24.8 Å². The summed E-state index contributed by atoms with van der Waals surface area (Å²) in [6.07, 6.45) is 1.78. The van der Waals surface area contributed by atoms with E-state index in [1.807, 2.05) is 0 Å². The van der Waals surface area contributed by atoms with Gasteiger partial charge in [0.2, 0.25) is 5.09 Å². The molecule has 2 atom stereocenters. The Morgan fingerprint density at radius 2 is 2.23 bits per heavy atom. The lowest BCUT2D eigenvalue weighted by atomic mass is 9.92. The second kappa shape index (κ2) is 6.39. The maximum Gasteiger partial charge on any atom is 0.273 e. The van der Waals surface area contributed by atoms with E-state index in [1.165, 1.54) is 13.1 Å². The first-order valence-electron chi connectivity index (χ1n) is 7.35. The van der Waals surface area contributed by atoms with Gasteiger partial charge in [-0.2, -0.15) is 0 Å². The molecule has 1 fully saturated rings. The van der Waals surface area contributed by atoms with E-state index in [4.69, 9.17) is 10.2 Å². The van der Waals surface area contributed by atoms with Crippen molar-refractivity contribution in [2.24, 2.45) is 11.7 Å². The van der Waals surface area contributed by atoms with Crippen molar-refractivity contribution < 1.29 is 17.6 Å². The molecule has 1 aromatic rings. The Morgan fingerprint density at radius 3 is 2.82 bits per heavy atom. The number of furan rings is 1. The molecule has 1 amide bonds. The number of nitrogens with zero attached hydrogens (tertiary/aromatic N) is 1. The smallest absolute Gasteiger partial charge is 0.273 e. The Bertz CT molecular complexity index is 653. The van der Waals surface area contributed by atoms with E-state index in [1.54, 1.807) is 11.8 Å². The van der Waals surface area contributed by atoms with Gasteiger partial charge in [0.25, 0.3) is 15.9 Å². The second-order valence-electron chi connectivity index (χ2n) is 5.76. The highest BCUT2D eigenvalue weighted by Gasteiger charge is 2.32. The van der Waals surface area contributed by atoms with E-state index in [-0.39, 0.29) is 22.6 Å². The molecule has 1 aliphatic heterocycles. The number of piperidine rings is 1. The zero-order valence-electron chi connectivity index (χ0n) is 13.1. The van der Waals surface area contributed by atoms with Gasteiger partial charge in [-0.25, -0.2) is 13.1 Å². The molecule has 1 aromatic heterocycles. The van der Waals surface area contributed by atoms with Crippen molar-refractivity contribution >= 4 is 15.9 Å². The van der Waals surface area contributed by atoms with Crippen LogP contribution in [0.4, 0.5) is 0 Å². The van der Waals surface area contributed by atoms with Gasteiger partial charge in [0.05, 0.1) is 5.56 Å². The summed E-state index contributed by atoms with van der Waals surface area (Å²) in [5.74, 6) is 0.609. The predicted molar refractivity (Wildman–Crippen MR) is 82.0 cm³/mol. The molecular weight excluding hydrogens is 306 g/mol. The molecule has 0 saturated carbocycles. The molecule has 7 nitrogen and oxygen atoms in total. The Hall–Kier alpha value is -1.38. The first-order chi connectivity index (χ1) is 10.3. The summed E-state index contributed by atoms with van der Waals surface area (Å²) >= 11 is 0. The Kier molecular flexibility index (Phi) is 4.93. The normalized spacial score (nSPS) is 22.8. The van der Waals surface area contributed by atoms with Crippen molar-refractivity contribution in [1.82, 2.24) is 9.62 Å². The largest absolute Gasteiger partial charge is 0.448 e. The lowest BCUT2D eigenvalue weighted by Gasteiger charge is -2.37. The number of carbonyl (C=O) groups is 1. The third-order valence-corrected chi connectivity index (χ3v) is 5.44. The van der Waals surface area contributed by atoms with Gasteiger partial charge in [0, 0.05) is 25.2 Å². The molecule has 124 valence electrons. The molecule has 3 N–H and O–H groups in total.